The largest absolute Gasteiger partial charge is 0.342 e. The van der Waals surface area contributed by atoms with Crippen LogP contribution in [0.1, 0.15) is 52.9 Å². The second-order valence-electron chi connectivity index (χ2n) is 4.91. The minimum atomic E-state index is 0.173. The molecule has 0 bridgehead atoms. The van der Waals surface area contributed by atoms with Crippen LogP contribution in [-0.2, 0) is 4.79 Å². The molecular weight excluding hydrogens is 212 g/mol. The first-order valence-electron chi connectivity index (χ1n) is 7.27. The monoisotopic (exact) mass is 240 g/mol. The van der Waals surface area contributed by atoms with E-state index in [2.05, 4.69) is 25.7 Å². The topological polar surface area (TPSA) is 23.6 Å². The maximum Gasteiger partial charge on any atom is 0.239 e. The Morgan fingerprint density at radius 1 is 1.24 bits per heavy atom. The van der Waals surface area contributed by atoms with Crippen molar-refractivity contribution in [2.45, 2.75) is 58.9 Å². The lowest BCUT2D eigenvalue weighted by atomic mass is 10.1. The van der Waals surface area contributed by atoms with Gasteiger partial charge in [0.2, 0.25) is 5.91 Å². The first kappa shape index (κ1) is 14.5. The number of carbonyl (C=O) groups is 1. The van der Waals surface area contributed by atoms with E-state index in [1.54, 1.807) is 0 Å². The third-order valence-electron chi connectivity index (χ3n) is 3.77. The maximum atomic E-state index is 12.3. The summed E-state index contributed by atoms with van der Waals surface area (Å²) in [5.41, 5.74) is 0. The van der Waals surface area contributed by atoms with E-state index in [1.807, 2.05) is 4.90 Å². The molecule has 1 heterocycles. The number of likely N-dealkylation sites (tertiary alicyclic amines) is 1. The number of hydrogen-bond acceptors (Lipinski definition) is 2. The molecule has 0 radical (unpaired) electrons. The van der Waals surface area contributed by atoms with E-state index in [-0.39, 0.29) is 6.04 Å². The van der Waals surface area contributed by atoms with Gasteiger partial charge in [-0.1, -0.05) is 19.8 Å². The summed E-state index contributed by atoms with van der Waals surface area (Å²) in [6.45, 7) is 10.3. The minimum absolute atomic E-state index is 0.173. The average Bonchev–Trinajstić information content (AvgIpc) is 2.79. The van der Waals surface area contributed by atoms with Crippen molar-refractivity contribution in [3.8, 4) is 0 Å². The van der Waals surface area contributed by atoms with Crippen molar-refractivity contribution in [1.82, 2.24) is 9.80 Å². The van der Waals surface area contributed by atoms with Crippen LogP contribution in [0.3, 0.4) is 0 Å². The molecule has 3 nitrogen and oxygen atoms in total. The summed E-state index contributed by atoms with van der Waals surface area (Å²) in [6, 6.07) is 0.173. The number of likely N-dealkylation sites (N-methyl/N-ethyl adjacent to an activating group) is 1. The molecule has 1 saturated heterocycles. The van der Waals surface area contributed by atoms with Crippen LogP contribution in [0.15, 0.2) is 0 Å². The normalized spacial score (nSPS) is 20.8. The highest BCUT2D eigenvalue weighted by atomic mass is 16.2. The molecule has 0 N–H and O–H groups in total. The molecule has 0 saturated carbocycles. The lowest BCUT2D eigenvalue weighted by Crippen LogP contribution is -2.45. The van der Waals surface area contributed by atoms with E-state index < -0.39 is 0 Å². The zero-order valence-corrected chi connectivity index (χ0v) is 11.7. The van der Waals surface area contributed by atoms with Gasteiger partial charge < -0.3 is 4.90 Å². The van der Waals surface area contributed by atoms with E-state index in [0.29, 0.717) is 5.91 Å². The molecule has 1 unspecified atom stereocenters. The highest BCUT2D eigenvalue weighted by molar-refractivity contribution is 5.82. The fourth-order valence-corrected chi connectivity index (χ4v) is 2.68. The Morgan fingerprint density at radius 2 is 1.94 bits per heavy atom. The summed E-state index contributed by atoms with van der Waals surface area (Å²) >= 11 is 0. The number of rotatable bonds is 7. The van der Waals surface area contributed by atoms with E-state index in [4.69, 9.17) is 0 Å². The van der Waals surface area contributed by atoms with Gasteiger partial charge in [-0.2, -0.15) is 0 Å². The van der Waals surface area contributed by atoms with Crippen LogP contribution in [0.25, 0.3) is 0 Å². The molecule has 0 aromatic rings. The number of carbonyl (C=O) groups excluding carboxylic acids is 1. The molecule has 1 aliphatic heterocycles. The van der Waals surface area contributed by atoms with E-state index in [1.165, 1.54) is 25.7 Å². The van der Waals surface area contributed by atoms with Crippen LogP contribution in [0.4, 0.5) is 0 Å². The fourth-order valence-electron chi connectivity index (χ4n) is 2.68. The first-order valence-corrected chi connectivity index (χ1v) is 7.27. The van der Waals surface area contributed by atoms with Crippen LogP contribution in [0.2, 0.25) is 0 Å². The minimum Gasteiger partial charge on any atom is -0.342 e. The van der Waals surface area contributed by atoms with Gasteiger partial charge >= 0.3 is 0 Å². The van der Waals surface area contributed by atoms with Crippen molar-refractivity contribution in [2.24, 2.45) is 0 Å². The molecule has 1 rings (SSSR count). The SMILES string of the molecule is CCCCCN1CCCC1C(=O)N(CC)CC. The van der Waals surface area contributed by atoms with E-state index in [0.717, 1.165) is 32.6 Å². The number of unbranched alkanes of at least 4 members (excludes halogenated alkanes) is 2. The summed E-state index contributed by atoms with van der Waals surface area (Å²) in [5, 5.41) is 0. The summed E-state index contributed by atoms with van der Waals surface area (Å²) in [7, 11) is 0. The van der Waals surface area contributed by atoms with Crippen molar-refractivity contribution < 1.29 is 4.79 Å². The van der Waals surface area contributed by atoms with Gasteiger partial charge in [-0.05, 0) is 46.2 Å². The van der Waals surface area contributed by atoms with Crippen LogP contribution in [0, 0.1) is 0 Å². The van der Waals surface area contributed by atoms with E-state index >= 15 is 0 Å². The summed E-state index contributed by atoms with van der Waals surface area (Å²) in [6.07, 6.45) is 6.01. The van der Waals surface area contributed by atoms with Gasteiger partial charge in [0.05, 0.1) is 6.04 Å². The van der Waals surface area contributed by atoms with Crippen LogP contribution < -0.4 is 0 Å². The van der Waals surface area contributed by atoms with Crippen molar-refractivity contribution in [3.63, 3.8) is 0 Å². The smallest absolute Gasteiger partial charge is 0.239 e. The van der Waals surface area contributed by atoms with Crippen molar-refractivity contribution in [3.05, 3.63) is 0 Å². The fraction of sp³-hybridized carbons (Fsp3) is 0.929. The Kier molecular flexibility index (Phi) is 6.56. The Morgan fingerprint density at radius 3 is 2.53 bits per heavy atom. The second kappa shape index (κ2) is 7.70. The van der Waals surface area contributed by atoms with Crippen molar-refractivity contribution in [1.29, 1.82) is 0 Å². The lowest BCUT2D eigenvalue weighted by molar-refractivity contribution is -0.135. The van der Waals surface area contributed by atoms with E-state index in [9.17, 15) is 4.79 Å². The van der Waals surface area contributed by atoms with Gasteiger partial charge in [0.25, 0.3) is 0 Å². The zero-order chi connectivity index (χ0) is 12.7. The van der Waals surface area contributed by atoms with Gasteiger partial charge in [0.1, 0.15) is 0 Å². The zero-order valence-electron chi connectivity index (χ0n) is 11.7. The number of amides is 1. The third kappa shape index (κ3) is 3.98. The highest BCUT2D eigenvalue weighted by Crippen LogP contribution is 2.20. The molecule has 1 fully saturated rings. The molecule has 0 aliphatic carbocycles. The average molecular weight is 240 g/mol. The molecule has 1 atom stereocenters. The Hall–Kier alpha value is -0.570. The molecule has 1 amide bonds. The molecule has 100 valence electrons. The van der Waals surface area contributed by atoms with Crippen LogP contribution >= 0.6 is 0 Å². The van der Waals surface area contributed by atoms with Gasteiger partial charge in [-0.15, -0.1) is 0 Å². The molecule has 1 aliphatic rings. The standard InChI is InChI=1S/C14H28N2O/c1-4-7-8-11-16-12-9-10-13(16)14(17)15(5-2)6-3/h13H,4-12H2,1-3H3. The Labute approximate surface area is 106 Å². The number of nitrogens with zero attached hydrogens (tertiary/aromatic N) is 2. The van der Waals surface area contributed by atoms with Gasteiger partial charge in [-0.25, -0.2) is 0 Å². The maximum absolute atomic E-state index is 12.3. The van der Waals surface area contributed by atoms with Gasteiger partial charge in [0.15, 0.2) is 0 Å². The van der Waals surface area contributed by atoms with Crippen molar-refractivity contribution >= 4 is 5.91 Å². The molecular formula is C14H28N2O. The molecule has 0 aromatic carbocycles. The summed E-state index contributed by atoms with van der Waals surface area (Å²) < 4.78 is 0. The predicted molar refractivity (Wildman–Crippen MR) is 72.0 cm³/mol. The molecule has 0 spiro atoms. The molecule has 0 aromatic heterocycles. The van der Waals surface area contributed by atoms with Crippen molar-refractivity contribution in [2.75, 3.05) is 26.2 Å². The quantitative estimate of drug-likeness (QED) is 0.638. The Balaban J connectivity index is 2.47. The summed E-state index contributed by atoms with van der Waals surface area (Å²) in [5.74, 6) is 0.351. The van der Waals surface area contributed by atoms with Crippen LogP contribution in [0.5, 0.6) is 0 Å². The van der Waals surface area contributed by atoms with Gasteiger partial charge in [0, 0.05) is 13.1 Å². The first-order chi connectivity index (χ1) is 8.24. The Bertz CT molecular complexity index is 226. The number of hydrogen-bond donors (Lipinski definition) is 0. The van der Waals surface area contributed by atoms with Gasteiger partial charge in [-0.3, -0.25) is 9.69 Å². The summed E-state index contributed by atoms with van der Waals surface area (Å²) in [4.78, 5) is 16.7. The lowest BCUT2D eigenvalue weighted by Gasteiger charge is -2.28. The third-order valence-corrected chi connectivity index (χ3v) is 3.77. The van der Waals surface area contributed by atoms with Crippen LogP contribution in [-0.4, -0.2) is 47.9 Å². The molecule has 3 heteroatoms. The second-order valence-corrected chi connectivity index (χ2v) is 4.91. The highest BCUT2D eigenvalue weighted by Gasteiger charge is 2.32. The molecule has 17 heavy (non-hydrogen) atoms. The predicted octanol–water partition coefficient (Wildman–Crippen LogP) is 2.51.